The number of benzene rings is 3. The number of rotatable bonds is 8. The van der Waals surface area contributed by atoms with Gasteiger partial charge in [-0.05, 0) is 54.8 Å². The Morgan fingerprint density at radius 2 is 1.51 bits per heavy atom. The molecular formula is C33H40N4O4. The third-order valence-electron chi connectivity index (χ3n) is 8.38. The summed E-state index contributed by atoms with van der Waals surface area (Å²) in [5.74, 6) is -0.659. The normalized spacial score (nSPS) is 21.5. The van der Waals surface area contributed by atoms with Crippen molar-refractivity contribution in [1.29, 1.82) is 0 Å². The molecule has 0 aromatic heterocycles. The van der Waals surface area contributed by atoms with Crippen LogP contribution in [0.15, 0.2) is 78.9 Å². The third kappa shape index (κ3) is 6.96. The van der Waals surface area contributed by atoms with Crippen LogP contribution in [0.4, 0.5) is 0 Å². The molecule has 41 heavy (non-hydrogen) atoms. The fraction of sp³-hybridized carbons (Fsp3) is 0.394. The molecule has 1 amide bonds. The average Bonchev–Trinajstić information content (AvgIpc) is 2.96. The predicted molar refractivity (Wildman–Crippen MR) is 159 cm³/mol. The topological polar surface area (TPSA) is 87.6 Å². The molecule has 2 N–H and O–H groups in total. The standard InChI is InChI=1S/C33H40N4O4/c1-24-21-37(25(2)20-36(24)22-26-8-4-3-5-9-26)32(28-11-7-13-30(38)19-28)27-10-6-12-29(18-27)33(41)35-16-14-34(15-17-35)23-31(39)40/h3-13,18-19,24-25,32,38H,14-17,20-23H2,1-2H3,(H,39,40)/t24-,25+,32-/m1/s1. The van der Waals surface area contributed by atoms with E-state index in [2.05, 4.69) is 54.0 Å². The number of carbonyl (C=O) groups excluding carboxylic acids is 1. The van der Waals surface area contributed by atoms with Crippen LogP contribution in [0.1, 0.15) is 46.9 Å². The Balaban J connectivity index is 1.38. The maximum Gasteiger partial charge on any atom is 0.317 e. The van der Waals surface area contributed by atoms with E-state index in [9.17, 15) is 14.7 Å². The van der Waals surface area contributed by atoms with Gasteiger partial charge in [0.15, 0.2) is 0 Å². The molecular weight excluding hydrogens is 516 g/mol. The van der Waals surface area contributed by atoms with Gasteiger partial charge in [0, 0.05) is 63.5 Å². The number of hydrogen-bond donors (Lipinski definition) is 2. The Hall–Kier alpha value is -3.72. The molecule has 0 saturated carbocycles. The molecule has 216 valence electrons. The molecule has 2 heterocycles. The van der Waals surface area contributed by atoms with Crippen molar-refractivity contribution in [1.82, 2.24) is 19.6 Å². The summed E-state index contributed by atoms with van der Waals surface area (Å²) < 4.78 is 0. The maximum atomic E-state index is 13.5. The van der Waals surface area contributed by atoms with Crippen molar-refractivity contribution in [2.45, 2.75) is 38.5 Å². The van der Waals surface area contributed by atoms with Gasteiger partial charge in [-0.2, -0.15) is 0 Å². The van der Waals surface area contributed by atoms with Gasteiger partial charge in [-0.1, -0.05) is 54.6 Å². The van der Waals surface area contributed by atoms with Crippen LogP contribution in [0.25, 0.3) is 0 Å². The molecule has 0 bridgehead atoms. The number of piperazine rings is 2. The predicted octanol–water partition coefficient (Wildman–Crippen LogP) is 3.92. The van der Waals surface area contributed by atoms with Gasteiger partial charge in [-0.3, -0.25) is 24.3 Å². The van der Waals surface area contributed by atoms with Crippen LogP contribution in [-0.4, -0.2) is 99.6 Å². The van der Waals surface area contributed by atoms with E-state index in [1.807, 2.05) is 52.3 Å². The van der Waals surface area contributed by atoms with Crippen molar-refractivity contribution in [3.8, 4) is 5.75 Å². The summed E-state index contributed by atoms with van der Waals surface area (Å²) in [4.78, 5) is 33.3. The minimum atomic E-state index is -0.847. The van der Waals surface area contributed by atoms with Crippen LogP contribution in [0.3, 0.4) is 0 Å². The number of nitrogens with zero attached hydrogens (tertiary/aromatic N) is 4. The fourth-order valence-electron chi connectivity index (χ4n) is 6.22. The number of amides is 1. The Kier molecular flexibility index (Phi) is 9.03. The van der Waals surface area contributed by atoms with Crippen molar-refractivity contribution in [2.75, 3.05) is 45.8 Å². The molecule has 3 atom stereocenters. The lowest BCUT2D eigenvalue weighted by atomic mass is 9.92. The van der Waals surface area contributed by atoms with Crippen LogP contribution in [0.2, 0.25) is 0 Å². The zero-order valence-corrected chi connectivity index (χ0v) is 23.9. The number of hydrogen-bond acceptors (Lipinski definition) is 6. The summed E-state index contributed by atoms with van der Waals surface area (Å²) in [5.41, 5.74) is 3.94. The number of aromatic hydroxyl groups is 1. The van der Waals surface area contributed by atoms with E-state index in [1.54, 1.807) is 6.07 Å². The SMILES string of the molecule is C[C@@H]1CN([C@@H](c2cccc(O)c2)c2cccc(C(=O)N3CCN(CC(=O)O)CC3)c2)[C@@H](C)CN1Cc1ccccc1. The van der Waals surface area contributed by atoms with Crippen molar-refractivity contribution in [3.05, 3.63) is 101 Å². The van der Waals surface area contributed by atoms with Gasteiger partial charge in [-0.15, -0.1) is 0 Å². The third-order valence-corrected chi connectivity index (χ3v) is 8.38. The smallest absolute Gasteiger partial charge is 0.317 e. The summed E-state index contributed by atoms with van der Waals surface area (Å²) in [6.45, 7) is 9.28. The Morgan fingerprint density at radius 1 is 0.829 bits per heavy atom. The largest absolute Gasteiger partial charge is 0.508 e. The number of carboxylic acids is 1. The first-order chi connectivity index (χ1) is 19.8. The highest BCUT2D eigenvalue weighted by molar-refractivity contribution is 5.94. The van der Waals surface area contributed by atoms with Gasteiger partial charge in [0.05, 0.1) is 12.6 Å². The molecule has 5 rings (SSSR count). The van der Waals surface area contributed by atoms with Crippen LogP contribution >= 0.6 is 0 Å². The molecule has 2 aliphatic heterocycles. The molecule has 3 aromatic rings. The van der Waals surface area contributed by atoms with Crippen molar-refractivity contribution in [3.63, 3.8) is 0 Å². The molecule has 2 fully saturated rings. The maximum absolute atomic E-state index is 13.5. The van der Waals surface area contributed by atoms with E-state index in [4.69, 9.17) is 5.11 Å². The highest BCUT2D eigenvalue weighted by Gasteiger charge is 2.35. The summed E-state index contributed by atoms with van der Waals surface area (Å²) >= 11 is 0. The van der Waals surface area contributed by atoms with Gasteiger partial charge in [-0.25, -0.2) is 0 Å². The van der Waals surface area contributed by atoms with E-state index < -0.39 is 5.97 Å². The quantitative estimate of drug-likeness (QED) is 0.435. The number of aliphatic carboxylic acids is 1. The van der Waals surface area contributed by atoms with Gasteiger partial charge < -0.3 is 15.1 Å². The molecule has 8 heteroatoms. The number of carbonyl (C=O) groups is 2. The summed E-state index contributed by atoms with van der Waals surface area (Å²) in [5, 5.41) is 19.5. The lowest BCUT2D eigenvalue weighted by molar-refractivity contribution is -0.138. The minimum absolute atomic E-state index is 0.00165. The van der Waals surface area contributed by atoms with Gasteiger partial charge >= 0.3 is 5.97 Å². The van der Waals surface area contributed by atoms with Crippen molar-refractivity contribution in [2.24, 2.45) is 0 Å². The van der Waals surface area contributed by atoms with E-state index in [1.165, 1.54) is 5.56 Å². The monoisotopic (exact) mass is 556 g/mol. The second-order valence-electron chi connectivity index (χ2n) is 11.4. The fourth-order valence-corrected chi connectivity index (χ4v) is 6.22. The van der Waals surface area contributed by atoms with Gasteiger partial charge in [0.1, 0.15) is 5.75 Å². The lowest BCUT2D eigenvalue weighted by Gasteiger charge is -2.47. The van der Waals surface area contributed by atoms with Gasteiger partial charge in [0.2, 0.25) is 0 Å². The minimum Gasteiger partial charge on any atom is -0.508 e. The number of phenols is 1. The molecule has 0 aliphatic carbocycles. The molecule has 0 radical (unpaired) electrons. The number of phenolic OH excluding ortho intramolecular Hbond substituents is 1. The average molecular weight is 557 g/mol. The second kappa shape index (κ2) is 12.9. The zero-order valence-electron chi connectivity index (χ0n) is 23.9. The summed E-state index contributed by atoms with van der Waals surface area (Å²) in [6, 6.07) is 26.3. The first-order valence-corrected chi connectivity index (χ1v) is 14.4. The van der Waals surface area contributed by atoms with E-state index in [0.29, 0.717) is 37.8 Å². The highest BCUT2D eigenvalue weighted by atomic mass is 16.4. The molecule has 3 aromatic carbocycles. The molecule has 8 nitrogen and oxygen atoms in total. The first-order valence-electron chi connectivity index (χ1n) is 14.4. The van der Waals surface area contributed by atoms with Crippen LogP contribution < -0.4 is 0 Å². The lowest BCUT2D eigenvalue weighted by Crippen LogP contribution is -2.56. The van der Waals surface area contributed by atoms with Gasteiger partial charge in [0.25, 0.3) is 5.91 Å². The van der Waals surface area contributed by atoms with Crippen molar-refractivity contribution < 1.29 is 19.8 Å². The van der Waals surface area contributed by atoms with Crippen LogP contribution in [-0.2, 0) is 11.3 Å². The number of carboxylic acid groups (broad SMARTS) is 1. The van der Waals surface area contributed by atoms with Crippen LogP contribution in [0, 0.1) is 0 Å². The highest BCUT2D eigenvalue weighted by Crippen LogP contribution is 2.35. The summed E-state index contributed by atoms with van der Waals surface area (Å²) in [6.07, 6.45) is 0. The first kappa shape index (κ1) is 28.8. The Bertz CT molecular complexity index is 1340. The van der Waals surface area contributed by atoms with E-state index in [-0.39, 0.29) is 30.3 Å². The summed E-state index contributed by atoms with van der Waals surface area (Å²) in [7, 11) is 0. The molecule has 2 aliphatic rings. The van der Waals surface area contributed by atoms with Crippen molar-refractivity contribution >= 4 is 11.9 Å². The van der Waals surface area contributed by atoms with Crippen LogP contribution in [0.5, 0.6) is 5.75 Å². The Labute approximate surface area is 242 Å². The second-order valence-corrected chi connectivity index (χ2v) is 11.4. The van der Waals surface area contributed by atoms with E-state index >= 15 is 0 Å². The molecule has 0 unspecified atom stereocenters. The molecule has 2 saturated heterocycles. The Morgan fingerprint density at radius 3 is 2.20 bits per heavy atom. The molecule has 0 spiro atoms. The zero-order chi connectivity index (χ0) is 28.9. The van der Waals surface area contributed by atoms with E-state index in [0.717, 1.165) is 30.8 Å².